The van der Waals surface area contributed by atoms with Crippen molar-refractivity contribution in [1.29, 1.82) is 0 Å². The Morgan fingerprint density at radius 1 is 1.24 bits per heavy atom. The monoisotopic (exact) mass is 242 g/mol. The molecule has 0 amide bonds. The van der Waals surface area contributed by atoms with Crippen LogP contribution in [0.1, 0.15) is 32.1 Å². The molecular formula is C13H26N2O2. The van der Waals surface area contributed by atoms with E-state index in [0.29, 0.717) is 6.10 Å². The Bertz CT molecular complexity index is 223. The minimum Gasteiger partial charge on any atom is -0.381 e. The normalized spacial score (nSPS) is 29.5. The van der Waals surface area contributed by atoms with E-state index in [4.69, 9.17) is 15.2 Å². The lowest BCUT2D eigenvalue weighted by molar-refractivity contribution is -0.0538. The second-order valence-corrected chi connectivity index (χ2v) is 5.41. The molecule has 4 nitrogen and oxygen atoms in total. The molecule has 2 saturated heterocycles. The SMILES string of the molecule is CN(CC1CCCCO1)C1(CN)CCOCC1. The molecule has 100 valence electrons. The molecule has 2 N–H and O–H groups in total. The second-order valence-electron chi connectivity index (χ2n) is 5.41. The zero-order chi connectivity index (χ0) is 12.1. The van der Waals surface area contributed by atoms with Gasteiger partial charge in [-0.3, -0.25) is 4.90 Å². The van der Waals surface area contributed by atoms with Crippen LogP contribution in [0.2, 0.25) is 0 Å². The molecule has 1 atom stereocenters. The molecule has 2 aliphatic rings. The van der Waals surface area contributed by atoms with Gasteiger partial charge in [-0.1, -0.05) is 0 Å². The highest BCUT2D eigenvalue weighted by Gasteiger charge is 2.36. The predicted molar refractivity (Wildman–Crippen MR) is 68.1 cm³/mol. The van der Waals surface area contributed by atoms with E-state index in [1.54, 1.807) is 0 Å². The van der Waals surface area contributed by atoms with Crippen LogP contribution in [0.15, 0.2) is 0 Å². The summed E-state index contributed by atoms with van der Waals surface area (Å²) in [5.41, 5.74) is 6.14. The Morgan fingerprint density at radius 2 is 2.00 bits per heavy atom. The van der Waals surface area contributed by atoms with Gasteiger partial charge in [0.05, 0.1) is 6.10 Å². The molecular weight excluding hydrogens is 216 g/mol. The van der Waals surface area contributed by atoms with Crippen LogP contribution in [0, 0.1) is 0 Å². The van der Waals surface area contributed by atoms with Gasteiger partial charge in [0, 0.05) is 38.4 Å². The number of hydrogen-bond donors (Lipinski definition) is 1. The van der Waals surface area contributed by atoms with Crippen molar-refractivity contribution in [2.45, 2.75) is 43.7 Å². The van der Waals surface area contributed by atoms with Crippen molar-refractivity contribution in [2.75, 3.05) is 40.0 Å². The molecule has 4 heteroatoms. The smallest absolute Gasteiger partial charge is 0.0702 e. The van der Waals surface area contributed by atoms with Gasteiger partial charge in [0.25, 0.3) is 0 Å². The zero-order valence-corrected chi connectivity index (χ0v) is 11.0. The summed E-state index contributed by atoms with van der Waals surface area (Å²) < 4.78 is 11.3. The van der Waals surface area contributed by atoms with Crippen molar-refractivity contribution in [3.63, 3.8) is 0 Å². The van der Waals surface area contributed by atoms with Crippen LogP contribution >= 0.6 is 0 Å². The quantitative estimate of drug-likeness (QED) is 0.799. The second kappa shape index (κ2) is 6.14. The summed E-state index contributed by atoms with van der Waals surface area (Å²) >= 11 is 0. The average molecular weight is 242 g/mol. The van der Waals surface area contributed by atoms with Crippen molar-refractivity contribution < 1.29 is 9.47 Å². The maximum absolute atomic E-state index is 6.01. The van der Waals surface area contributed by atoms with E-state index in [-0.39, 0.29) is 5.54 Å². The van der Waals surface area contributed by atoms with Gasteiger partial charge in [-0.05, 0) is 39.2 Å². The van der Waals surface area contributed by atoms with Crippen molar-refractivity contribution >= 4 is 0 Å². The summed E-state index contributed by atoms with van der Waals surface area (Å²) in [6, 6.07) is 0. The Labute approximate surface area is 104 Å². The van der Waals surface area contributed by atoms with Gasteiger partial charge < -0.3 is 15.2 Å². The third-order valence-corrected chi connectivity index (χ3v) is 4.36. The molecule has 0 aromatic rings. The van der Waals surface area contributed by atoms with Gasteiger partial charge in [0.2, 0.25) is 0 Å². The van der Waals surface area contributed by atoms with Crippen molar-refractivity contribution in [2.24, 2.45) is 5.73 Å². The van der Waals surface area contributed by atoms with Crippen LogP contribution in [0.25, 0.3) is 0 Å². The summed E-state index contributed by atoms with van der Waals surface area (Å²) in [5, 5.41) is 0. The Morgan fingerprint density at radius 3 is 2.59 bits per heavy atom. The lowest BCUT2D eigenvalue weighted by Gasteiger charge is -2.45. The summed E-state index contributed by atoms with van der Waals surface area (Å²) in [5.74, 6) is 0. The molecule has 0 aliphatic carbocycles. The summed E-state index contributed by atoms with van der Waals surface area (Å²) in [7, 11) is 2.19. The highest BCUT2D eigenvalue weighted by atomic mass is 16.5. The first-order valence-electron chi connectivity index (χ1n) is 6.87. The molecule has 1 unspecified atom stereocenters. The number of rotatable bonds is 4. The highest BCUT2D eigenvalue weighted by Crippen LogP contribution is 2.27. The van der Waals surface area contributed by atoms with Gasteiger partial charge in [-0.2, -0.15) is 0 Å². The number of ether oxygens (including phenoxy) is 2. The van der Waals surface area contributed by atoms with Crippen LogP contribution < -0.4 is 5.73 Å². The number of nitrogens with zero attached hydrogens (tertiary/aromatic N) is 1. The zero-order valence-electron chi connectivity index (χ0n) is 11.0. The van der Waals surface area contributed by atoms with Gasteiger partial charge in [-0.15, -0.1) is 0 Å². The highest BCUT2D eigenvalue weighted by molar-refractivity contribution is 4.93. The Hall–Kier alpha value is -0.160. The topological polar surface area (TPSA) is 47.7 Å². The lowest BCUT2D eigenvalue weighted by atomic mass is 9.88. The summed E-state index contributed by atoms with van der Waals surface area (Å²) in [4.78, 5) is 2.42. The molecule has 0 radical (unpaired) electrons. The van der Waals surface area contributed by atoms with E-state index in [1.165, 1.54) is 19.3 Å². The minimum absolute atomic E-state index is 0.138. The molecule has 0 saturated carbocycles. The Kier molecular flexibility index (Phi) is 4.79. The van der Waals surface area contributed by atoms with Crippen LogP contribution in [0.4, 0.5) is 0 Å². The first kappa shape index (κ1) is 13.3. The van der Waals surface area contributed by atoms with E-state index >= 15 is 0 Å². The first-order valence-corrected chi connectivity index (χ1v) is 6.87. The van der Waals surface area contributed by atoms with E-state index in [1.807, 2.05) is 0 Å². The lowest BCUT2D eigenvalue weighted by Crippen LogP contribution is -2.57. The number of hydrogen-bond acceptors (Lipinski definition) is 4. The number of likely N-dealkylation sites (N-methyl/N-ethyl adjacent to an activating group) is 1. The van der Waals surface area contributed by atoms with Gasteiger partial charge in [0.15, 0.2) is 0 Å². The fourth-order valence-electron chi connectivity index (χ4n) is 2.94. The fourth-order valence-corrected chi connectivity index (χ4v) is 2.94. The van der Waals surface area contributed by atoms with E-state index in [0.717, 1.165) is 45.8 Å². The fraction of sp³-hybridized carbons (Fsp3) is 1.00. The first-order chi connectivity index (χ1) is 8.27. The molecule has 2 heterocycles. The molecule has 2 rings (SSSR count). The minimum atomic E-state index is 0.138. The average Bonchev–Trinajstić information content (AvgIpc) is 2.40. The molecule has 0 aromatic carbocycles. The maximum Gasteiger partial charge on any atom is 0.0702 e. The maximum atomic E-state index is 6.01. The van der Waals surface area contributed by atoms with Crippen LogP contribution in [0.5, 0.6) is 0 Å². The van der Waals surface area contributed by atoms with Gasteiger partial charge >= 0.3 is 0 Å². The van der Waals surface area contributed by atoms with Crippen molar-refractivity contribution in [3.05, 3.63) is 0 Å². The molecule has 0 bridgehead atoms. The summed E-state index contributed by atoms with van der Waals surface area (Å²) in [6.45, 7) is 4.34. The van der Waals surface area contributed by atoms with E-state index in [2.05, 4.69) is 11.9 Å². The van der Waals surface area contributed by atoms with Gasteiger partial charge in [0.1, 0.15) is 0 Å². The van der Waals surface area contributed by atoms with Crippen LogP contribution in [0.3, 0.4) is 0 Å². The van der Waals surface area contributed by atoms with Crippen LogP contribution in [-0.2, 0) is 9.47 Å². The number of nitrogens with two attached hydrogens (primary N) is 1. The standard InChI is InChI=1S/C13H26N2O2/c1-15(10-12-4-2-3-7-17-12)13(11-14)5-8-16-9-6-13/h12H,2-11,14H2,1H3. The third kappa shape index (κ3) is 3.19. The molecule has 0 aromatic heterocycles. The summed E-state index contributed by atoms with van der Waals surface area (Å²) in [6.07, 6.45) is 6.22. The largest absolute Gasteiger partial charge is 0.381 e. The van der Waals surface area contributed by atoms with Crippen molar-refractivity contribution in [1.82, 2.24) is 4.90 Å². The molecule has 2 aliphatic heterocycles. The third-order valence-electron chi connectivity index (χ3n) is 4.36. The predicted octanol–water partition coefficient (Wildman–Crippen LogP) is 0.995. The molecule has 17 heavy (non-hydrogen) atoms. The van der Waals surface area contributed by atoms with Crippen molar-refractivity contribution in [3.8, 4) is 0 Å². The Balaban J connectivity index is 1.89. The molecule has 0 spiro atoms. The van der Waals surface area contributed by atoms with Gasteiger partial charge in [-0.25, -0.2) is 0 Å². The van der Waals surface area contributed by atoms with Crippen LogP contribution in [-0.4, -0.2) is 56.5 Å². The van der Waals surface area contributed by atoms with E-state index in [9.17, 15) is 0 Å². The van der Waals surface area contributed by atoms with E-state index < -0.39 is 0 Å². The molecule has 2 fully saturated rings.